The minimum Gasteiger partial charge on any atom is -0.497 e. The van der Waals surface area contributed by atoms with Crippen molar-refractivity contribution in [2.75, 3.05) is 21.3 Å². The van der Waals surface area contributed by atoms with Gasteiger partial charge in [-0.15, -0.1) is 0 Å². The summed E-state index contributed by atoms with van der Waals surface area (Å²) in [6, 6.07) is 13.6. The Bertz CT molecular complexity index is 513. The minimum atomic E-state index is 0.759. The van der Waals surface area contributed by atoms with Crippen LogP contribution in [0.2, 0.25) is 0 Å². The number of hydrogen-bond donors (Lipinski definition) is 0. The molecule has 0 N–H and O–H groups in total. The van der Waals surface area contributed by atoms with Gasteiger partial charge >= 0.3 is 0 Å². The van der Waals surface area contributed by atoms with Crippen LogP contribution in [-0.2, 0) is 0 Å². The molecule has 2 aromatic carbocycles. The predicted octanol–water partition coefficient (Wildman–Crippen LogP) is 3.38. The summed E-state index contributed by atoms with van der Waals surface area (Å²) in [4.78, 5) is 0. The molecule has 0 aliphatic heterocycles. The second-order valence-corrected chi connectivity index (χ2v) is 3.80. The Morgan fingerprint density at radius 3 is 1.89 bits per heavy atom. The van der Waals surface area contributed by atoms with E-state index in [1.807, 2.05) is 42.5 Å². The highest BCUT2D eigenvalue weighted by atomic mass is 16.5. The average Bonchev–Trinajstić information content (AvgIpc) is 2.46. The zero-order valence-corrected chi connectivity index (χ0v) is 10.8. The molecule has 0 saturated carbocycles. The highest BCUT2D eigenvalue weighted by molar-refractivity contribution is 5.73. The number of benzene rings is 2. The molecular formula is C15H16O3. The molecule has 3 nitrogen and oxygen atoms in total. The van der Waals surface area contributed by atoms with Crippen LogP contribution in [0.3, 0.4) is 0 Å². The summed E-state index contributed by atoms with van der Waals surface area (Å²) in [6.45, 7) is 0. The molecule has 0 spiro atoms. The van der Waals surface area contributed by atoms with Crippen LogP contribution in [0.4, 0.5) is 0 Å². The molecule has 0 aliphatic rings. The van der Waals surface area contributed by atoms with Gasteiger partial charge in [0.25, 0.3) is 0 Å². The predicted molar refractivity (Wildman–Crippen MR) is 71.5 cm³/mol. The van der Waals surface area contributed by atoms with Crippen molar-refractivity contribution in [2.45, 2.75) is 0 Å². The van der Waals surface area contributed by atoms with Gasteiger partial charge in [-0.1, -0.05) is 18.2 Å². The van der Waals surface area contributed by atoms with E-state index in [0.717, 1.165) is 28.4 Å². The molecule has 2 rings (SSSR count). The van der Waals surface area contributed by atoms with E-state index in [1.54, 1.807) is 21.3 Å². The fourth-order valence-corrected chi connectivity index (χ4v) is 1.85. The van der Waals surface area contributed by atoms with E-state index in [0.29, 0.717) is 0 Å². The zero-order chi connectivity index (χ0) is 13.0. The Labute approximate surface area is 107 Å². The third-order valence-corrected chi connectivity index (χ3v) is 2.77. The molecule has 0 bridgehead atoms. The standard InChI is InChI=1S/C15H16O3/c1-16-12-8-11(9-13(10-12)17-2)14-6-4-5-7-15(14)18-3/h4-10H,1-3H3. The molecule has 0 radical (unpaired) electrons. The van der Waals surface area contributed by atoms with Gasteiger partial charge in [-0.2, -0.15) is 0 Å². The van der Waals surface area contributed by atoms with Crippen LogP contribution in [0.1, 0.15) is 0 Å². The molecular weight excluding hydrogens is 228 g/mol. The number of ether oxygens (including phenoxy) is 3. The number of rotatable bonds is 4. The molecule has 3 heteroatoms. The highest BCUT2D eigenvalue weighted by Gasteiger charge is 2.08. The molecule has 0 unspecified atom stereocenters. The molecule has 0 aliphatic carbocycles. The molecule has 0 atom stereocenters. The van der Waals surface area contributed by atoms with Gasteiger partial charge in [-0.3, -0.25) is 0 Å². The topological polar surface area (TPSA) is 27.7 Å². The van der Waals surface area contributed by atoms with Gasteiger partial charge < -0.3 is 14.2 Å². The SMILES string of the molecule is COc1cc(OC)cc(-c2ccccc2OC)c1. The number of para-hydroxylation sites is 1. The van der Waals surface area contributed by atoms with Crippen LogP contribution in [0.25, 0.3) is 11.1 Å². The molecule has 0 saturated heterocycles. The van der Waals surface area contributed by atoms with E-state index in [2.05, 4.69) is 0 Å². The summed E-state index contributed by atoms with van der Waals surface area (Å²) in [6.07, 6.45) is 0. The first kappa shape index (κ1) is 12.3. The van der Waals surface area contributed by atoms with Gasteiger partial charge in [0.2, 0.25) is 0 Å². The van der Waals surface area contributed by atoms with Crippen molar-refractivity contribution in [2.24, 2.45) is 0 Å². The lowest BCUT2D eigenvalue weighted by atomic mass is 10.0. The molecule has 0 amide bonds. The van der Waals surface area contributed by atoms with Crippen molar-refractivity contribution in [3.05, 3.63) is 42.5 Å². The van der Waals surface area contributed by atoms with Crippen molar-refractivity contribution >= 4 is 0 Å². The first-order valence-corrected chi connectivity index (χ1v) is 5.65. The first-order valence-electron chi connectivity index (χ1n) is 5.65. The molecule has 2 aromatic rings. The quantitative estimate of drug-likeness (QED) is 0.825. The van der Waals surface area contributed by atoms with Gasteiger partial charge in [0.1, 0.15) is 17.2 Å². The Hall–Kier alpha value is -2.16. The van der Waals surface area contributed by atoms with Crippen molar-refractivity contribution < 1.29 is 14.2 Å². The molecule has 94 valence electrons. The Morgan fingerprint density at radius 1 is 0.722 bits per heavy atom. The maximum Gasteiger partial charge on any atom is 0.126 e. The number of methoxy groups -OCH3 is 3. The van der Waals surface area contributed by atoms with Crippen LogP contribution in [-0.4, -0.2) is 21.3 Å². The smallest absolute Gasteiger partial charge is 0.126 e. The summed E-state index contributed by atoms with van der Waals surface area (Å²) in [5.74, 6) is 2.35. The van der Waals surface area contributed by atoms with E-state index < -0.39 is 0 Å². The number of hydrogen-bond acceptors (Lipinski definition) is 3. The fourth-order valence-electron chi connectivity index (χ4n) is 1.85. The lowest BCUT2D eigenvalue weighted by Crippen LogP contribution is -1.91. The van der Waals surface area contributed by atoms with Gasteiger partial charge in [0, 0.05) is 11.6 Å². The van der Waals surface area contributed by atoms with Gasteiger partial charge in [-0.05, 0) is 23.8 Å². The van der Waals surface area contributed by atoms with Crippen LogP contribution in [0.5, 0.6) is 17.2 Å². The van der Waals surface area contributed by atoms with Crippen molar-refractivity contribution in [3.8, 4) is 28.4 Å². The van der Waals surface area contributed by atoms with E-state index in [4.69, 9.17) is 14.2 Å². The third-order valence-electron chi connectivity index (χ3n) is 2.77. The van der Waals surface area contributed by atoms with E-state index in [-0.39, 0.29) is 0 Å². The van der Waals surface area contributed by atoms with E-state index in [1.165, 1.54) is 0 Å². The third kappa shape index (κ3) is 2.40. The maximum atomic E-state index is 5.37. The Kier molecular flexibility index (Phi) is 3.72. The zero-order valence-electron chi connectivity index (χ0n) is 10.8. The summed E-state index contributed by atoms with van der Waals surface area (Å²) >= 11 is 0. The van der Waals surface area contributed by atoms with E-state index in [9.17, 15) is 0 Å². The lowest BCUT2D eigenvalue weighted by molar-refractivity contribution is 0.394. The molecule has 0 heterocycles. The minimum absolute atomic E-state index is 0.759. The largest absolute Gasteiger partial charge is 0.497 e. The summed E-state index contributed by atoms with van der Waals surface area (Å²) in [5, 5.41) is 0. The highest BCUT2D eigenvalue weighted by Crippen LogP contribution is 2.34. The second-order valence-electron chi connectivity index (χ2n) is 3.80. The normalized spacial score (nSPS) is 9.94. The molecule has 0 aromatic heterocycles. The van der Waals surface area contributed by atoms with Crippen molar-refractivity contribution in [3.63, 3.8) is 0 Å². The summed E-state index contributed by atoms with van der Waals surface area (Å²) in [7, 11) is 4.94. The van der Waals surface area contributed by atoms with Crippen LogP contribution in [0.15, 0.2) is 42.5 Å². The fraction of sp³-hybridized carbons (Fsp3) is 0.200. The van der Waals surface area contributed by atoms with Crippen LogP contribution >= 0.6 is 0 Å². The maximum absolute atomic E-state index is 5.37. The summed E-state index contributed by atoms with van der Waals surface area (Å²) in [5.41, 5.74) is 2.01. The van der Waals surface area contributed by atoms with Crippen LogP contribution in [0, 0.1) is 0 Å². The second kappa shape index (κ2) is 5.45. The lowest BCUT2D eigenvalue weighted by Gasteiger charge is -2.11. The monoisotopic (exact) mass is 244 g/mol. The average molecular weight is 244 g/mol. The Morgan fingerprint density at radius 2 is 1.33 bits per heavy atom. The van der Waals surface area contributed by atoms with Gasteiger partial charge in [0.05, 0.1) is 21.3 Å². The molecule has 0 fully saturated rings. The van der Waals surface area contributed by atoms with Crippen molar-refractivity contribution in [1.82, 2.24) is 0 Å². The van der Waals surface area contributed by atoms with E-state index >= 15 is 0 Å². The van der Waals surface area contributed by atoms with Crippen molar-refractivity contribution in [1.29, 1.82) is 0 Å². The summed E-state index contributed by atoms with van der Waals surface area (Å²) < 4.78 is 15.9. The molecule has 18 heavy (non-hydrogen) atoms. The first-order chi connectivity index (χ1) is 8.78. The van der Waals surface area contributed by atoms with Crippen LogP contribution < -0.4 is 14.2 Å². The van der Waals surface area contributed by atoms with Gasteiger partial charge in [0.15, 0.2) is 0 Å². The Balaban J connectivity index is 2.55. The van der Waals surface area contributed by atoms with Gasteiger partial charge in [-0.25, -0.2) is 0 Å².